The second kappa shape index (κ2) is 4.03. The van der Waals surface area contributed by atoms with Gasteiger partial charge in [-0.2, -0.15) is 0 Å². The van der Waals surface area contributed by atoms with Crippen molar-refractivity contribution in [1.29, 1.82) is 0 Å². The number of nitrogens with two attached hydrogens (primary N) is 1. The minimum atomic E-state index is -0.295. The van der Waals surface area contributed by atoms with E-state index in [1.165, 1.54) is 0 Å². The Bertz CT molecular complexity index is 223. The van der Waals surface area contributed by atoms with Gasteiger partial charge in [0.2, 0.25) is 0 Å². The summed E-state index contributed by atoms with van der Waals surface area (Å²) in [4.78, 5) is 11.4. The van der Waals surface area contributed by atoms with Crippen LogP contribution in [0.4, 0.5) is 0 Å². The maximum Gasteiger partial charge on any atom is 0.161 e. The number of hydrogen-bond acceptors (Lipinski definition) is 3. The van der Waals surface area contributed by atoms with Crippen molar-refractivity contribution in [3.8, 4) is 0 Å². The first kappa shape index (κ1) is 10.4. The second-order valence-electron chi connectivity index (χ2n) is 3.75. The van der Waals surface area contributed by atoms with E-state index < -0.39 is 0 Å². The minimum Gasteiger partial charge on any atom is -0.360 e. The summed E-state index contributed by atoms with van der Waals surface area (Å²) in [6.45, 7) is 7.53. The van der Waals surface area contributed by atoms with Crippen molar-refractivity contribution in [2.75, 3.05) is 0 Å². The molecule has 0 spiro atoms. The average Bonchev–Trinajstić information content (AvgIpc) is 1.98. The molecule has 3 atom stereocenters. The molecular formula is C10H17NO2. The van der Waals surface area contributed by atoms with Crippen molar-refractivity contribution < 1.29 is 9.53 Å². The molecule has 13 heavy (non-hydrogen) atoms. The van der Waals surface area contributed by atoms with E-state index in [1.54, 1.807) is 6.92 Å². The Kier molecular flexibility index (Phi) is 3.22. The van der Waals surface area contributed by atoms with Crippen molar-refractivity contribution in [3.05, 3.63) is 12.2 Å². The largest absolute Gasteiger partial charge is 0.360 e. The number of hydrogen-bond donors (Lipinski definition) is 1. The molecule has 3 nitrogen and oxygen atoms in total. The molecule has 3 unspecified atom stereocenters. The Balaban J connectivity index is 2.53. The summed E-state index contributed by atoms with van der Waals surface area (Å²) in [5.41, 5.74) is 6.22. The molecule has 0 bridgehead atoms. The van der Waals surface area contributed by atoms with Gasteiger partial charge in [-0.3, -0.25) is 4.79 Å². The predicted molar refractivity (Wildman–Crippen MR) is 51.1 cm³/mol. The number of allylic oxidation sites excluding steroid dienone is 1. The normalized spacial score (nSPS) is 31.9. The number of ether oxygens (including phenoxy) is 1. The zero-order valence-electron chi connectivity index (χ0n) is 8.25. The molecule has 1 aliphatic rings. The van der Waals surface area contributed by atoms with Crippen LogP contribution in [0.1, 0.15) is 26.7 Å². The first-order chi connectivity index (χ1) is 6.00. The standard InChI is InChI=1S/C10H17NO2/c1-6-4-9(13-8(3)11)5-10(12)7(6)2/h6,8-9H,2,4-5,11H2,1,3H3. The summed E-state index contributed by atoms with van der Waals surface area (Å²) in [6, 6.07) is 0. The number of Topliss-reactive ketones (excluding diaryl/α,β-unsaturated/α-hetero) is 1. The van der Waals surface area contributed by atoms with Gasteiger partial charge >= 0.3 is 0 Å². The van der Waals surface area contributed by atoms with Gasteiger partial charge in [0, 0.05) is 6.42 Å². The number of ketones is 1. The Morgan fingerprint density at radius 2 is 2.31 bits per heavy atom. The van der Waals surface area contributed by atoms with Gasteiger partial charge in [-0.15, -0.1) is 0 Å². The molecule has 0 saturated heterocycles. The van der Waals surface area contributed by atoms with Crippen LogP contribution in [0.3, 0.4) is 0 Å². The predicted octanol–water partition coefficient (Wildman–Crippen LogP) is 1.23. The highest BCUT2D eigenvalue weighted by atomic mass is 16.5. The third kappa shape index (κ3) is 2.64. The molecule has 74 valence electrons. The van der Waals surface area contributed by atoms with E-state index in [2.05, 4.69) is 6.58 Å². The lowest BCUT2D eigenvalue weighted by Crippen LogP contribution is -2.34. The smallest absolute Gasteiger partial charge is 0.161 e. The Hall–Kier alpha value is -0.670. The van der Waals surface area contributed by atoms with Crippen LogP contribution in [0, 0.1) is 5.92 Å². The van der Waals surface area contributed by atoms with Gasteiger partial charge in [0.15, 0.2) is 5.78 Å². The molecule has 0 amide bonds. The van der Waals surface area contributed by atoms with Gasteiger partial charge in [-0.25, -0.2) is 0 Å². The average molecular weight is 183 g/mol. The summed E-state index contributed by atoms with van der Waals surface area (Å²) in [5.74, 6) is 0.342. The minimum absolute atomic E-state index is 0.0204. The number of carbonyl (C=O) groups is 1. The summed E-state index contributed by atoms with van der Waals surface area (Å²) in [6.07, 6.45) is 0.973. The van der Waals surface area contributed by atoms with E-state index in [0.717, 1.165) is 12.0 Å². The van der Waals surface area contributed by atoms with Crippen molar-refractivity contribution in [3.63, 3.8) is 0 Å². The molecule has 0 aromatic heterocycles. The Morgan fingerprint density at radius 1 is 1.69 bits per heavy atom. The summed E-state index contributed by atoms with van der Waals surface area (Å²) >= 11 is 0. The Morgan fingerprint density at radius 3 is 2.77 bits per heavy atom. The first-order valence-electron chi connectivity index (χ1n) is 4.63. The van der Waals surface area contributed by atoms with Crippen LogP contribution >= 0.6 is 0 Å². The van der Waals surface area contributed by atoms with Crippen LogP contribution in [0.25, 0.3) is 0 Å². The fourth-order valence-corrected chi connectivity index (χ4v) is 1.64. The van der Waals surface area contributed by atoms with Crippen LogP contribution in [0.15, 0.2) is 12.2 Å². The molecule has 2 N–H and O–H groups in total. The quantitative estimate of drug-likeness (QED) is 0.517. The highest BCUT2D eigenvalue weighted by Crippen LogP contribution is 2.27. The van der Waals surface area contributed by atoms with Crippen LogP contribution < -0.4 is 5.73 Å². The third-order valence-corrected chi connectivity index (χ3v) is 2.39. The fourth-order valence-electron chi connectivity index (χ4n) is 1.64. The lowest BCUT2D eigenvalue weighted by Gasteiger charge is -2.28. The molecule has 0 heterocycles. The van der Waals surface area contributed by atoms with Gasteiger partial charge in [0.25, 0.3) is 0 Å². The van der Waals surface area contributed by atoms with E-state index in [0.29, 0.717) is 6.42 Å². The molecule has 1 aliphatic carbocycles. The zero-order chi connectivity index (χ0) is 10.0. The van der Waals surface area contributed by atoms with Crippen LogP contribution in [-0.2, 0) is 9.53 Å². The molecule has 0 aliphatic heterocycles. The second-order valence-corrected chi connectivity index (χ2v) is 3.75. The summed E-state index contributed by atoms with van der Waals surface area (Å²) in [7, 11) is 0. The zero-order valence-corrected chi connectivity index (χ0v) is 8.25. The van der Waals surface area contributed by atoms with E-state index in [9.17, 15) is 4.79 Å². The van der Waals surface area contributed by atoms with Gasteiger partial charge in [-0.05, 0) is 24.8 Å². The first-order valence-corrected chi connectivity index (χ1v) is 4.63. The van der Waals surface area contributed by atoms with E-state index >= 15 is 0 Å². The molecule has 0 aromatic carbocycles. The summed E-state index contributed by atoms with van der Waals surface area (Å²) in [5, 5.41) is 0. The van der Waals surface area contributed by atoms with Gasteiger partial charge in [-0.1, -0.05) is 13.5 Å². The fraction of sp³-hybridized carbons (Fsp3) is 0.700. The molecule has 3 heteroatoms. The summed E-state index contributed by atoms with van der Waals surface area (Å²) < 4.78 is 5.40. The molecular weight excluding hydrogens is 166 g/mol. The van der Waals surface area contributed by atoms with E-state index in [4.69, 9.17) is 10.5 Å². The van der Waals surface area contributed by atoms with E-state index in [1.807, 2.05) is 6.92 Å². The van der Waals surface area contributed by atoms with Crippen LogP contribution in [-0.4, -0.2) is 18.1 Å². The van der Waals surface area contributed by atoms with Gasteiger partial charge in [0.05, 0.1) is 6.10 Å². The van der Waals surface area contributed by atoms with Crippen LogP contribution in [0.5, 0.6) is 0 Å². The van der Waals surface area contributed by atoms with Crippen molar-refractivity contribution in [1.82, 2.24) is 0 Å². The van der Waals surface area contributed by atoms with Crippen molar-refractivity contribution in [2.24, 2.45) is 11.7 Å². The highest BCUT2D eigenvalue weighted by molar-refractivity contribution is 5.96. The monoisotopic (exact) mass is 183 g/mol. The molecule has 1 fully saturated rings. The van der Waals surface area contributed by atoms with Crippen molar-refractivity contribution >= 4 is 5.78 Å². The lowest BCUT2D eigenvalue weighted by atomic mass is 9.84. The third-order valence-electron chi connectivity index (χ3n) is 2.39. The SMILES string of the molecule is C=C1C(=O)CC(OC(C)N)CC1C. The molecule has 0 aromatic rings. The molecule has 0 radical (unpaired) electrons. The lowest BCUT2D eigenvalue weighted by molar-refractivity contribution is -0.122. The van der Waals surface area contributed by atoms with Crippen LogP contribution in [0.2, 0.25) is 0 Å². The Labute approximate surface area is 78.9 Å². The van der Waals surface area contributed by atoms with Gasteiger partial charge in [0.1, 0.15) is 6.23 Å². The number of carbonyl (C=O) groups excluding carboxylic acids is 1. The number of rotatable bonds is 2. The van der Waals surface area contributed by atoms with E-state index in [-0.39, 0.29) is 24.0 Å². The van der Waals surface area contributed by atoms with Crippen molar-refractivity contribution in [2.45, 2.75) is 39.0 Å². The topological polar surface area (TPSA) is 52.3 Å². The molecule has 1 rings (SSSR count). The maximum absolute atomic E-state index is 11.4. The van der Waals surface area contributed by atoms with Gasteiger partial charge < -0.3 is 10.5 Å². The molecule has 1 saturated carbocycles. The highest BCUT2D eigenvalue weighted by Gasteiger charge is 2.28. The maximum atomic E-state index is 11.4.